The van der Waals surface area contributed by atoms with Crippen molar-refractivity contribution in [3.63, 3.8) is 0 Å². The first-order chi connectivity index (χ1) is 6.54. The molecule has 2 amide bonds. The Balaban J connectivity index is 3.21. The van der Waals surface area contributed by atoms with E-state index in [9.17, 15) is 9.59 Å². The van der Waals surface area contributed by atoms with Crippen molar-refractivity contribution in [2.24, 2.45) is 0 Å². The van der Waals surface area contributed by atoms with Gasteiger partial charge in [-0.05, 0) is 0 Å². The summed E-state index contributed by atoms with van der Waals surface area (Å²) in [5, 5.41) is 2.61. The van der Waals surface area contributed by atoms with Gasteiger partial charge in [0.2, 0.25) is 11.8 Å². The van der Waals surface area contributed by atoms with Crippen molar-refractivity contribution in [2.45, 2.75) is 13.8 Å². The van der Waals surface area contributed by atoms with E-state index in [1.807, 2.05) is 0 Å². The molecule has 0 aliphatic heterocycles. The molecule has 0 bridgehead atoms. The first kappa shape index (κ1) is 12.9. The summed E-state index contributed by atoms with van der Waals surface area (Å²) in [6.45, 7) is 5.04. The lowest BCUT2D eigenvalue weighted by atomic mass is 10.5. The van der Waals surface area contributed by atoms with Crippen molar-refractivity contribution in [1.82, 2.24) is 10.2 Å². The largest absolute Gasteiger partial charge is 0.378 e. The normalized spacial score (nSPS) is 9.64. The Morgan fingerprint density at radius 1 is 1.29 bits per heavy atom. The van der Waals surface area contributed by atoms with Gasteiger partial charge in [0.15, 0.2) is 0 Å². The van der Waals surface area contributed by atoms with Crippen LogP contribution in [-0.4, -0.2) is 50.1 Å². The third kappa shape index (κ3) is 7.54. The molecule has 14 heavy (non-hydrogen) atoms. The molecule has 0 unspecified atom stereocenters. The summed E-state index contributed by atoms with van der Waals surface area (Å²) in [5.74, 6) is -0.0371. The van der Waals surface area contributed by atoms with Crippen LogP contribution in [0.15, 0.2) is 0 Å². The highest BCUT2D eigenvalue weighted by Crippen LogP contribution is 1.83. The molecule has 0 rings (SSSR count). The van der Waals surface area contributed by atoms with Crippen LogP contribution in [0, 0.1) is 0 Å². The smallest absolute Gasteiger partial charge is 0.219 e. The van der Waals surface area contributed by atoms with E-state index in [0.717, 1.165) is 0 Å². The minimum atomic E-state index is -0.0607. The lowest BCUT2D eigenvalue weighted by Crippen LogP contribution is -2.29. The van der Waals surface area contributed by atoms with Gasteiger partial charge < -0.3 is 15.0 Å². The van der Waals surface area contributed by atoms with E-state index < -0.39 is 0 Å². The van der Waals surface area contributed by atoms with Gasteiger partial charge in [-0.15, -0.1) is 0 Å². The minimum Gasteiger partial charge on any atom is -0.378 e. The third-order valence-electron chi connectivity index (χ3n) is 1.73. The highest BCUT2D eigenvalue weighted by atomic mass is 16.5. The molecule has 0 spiro atoms. The van der Waals surface area contributed by atoms with E-state index in [1.54, 1.807) is 11.9 Å². The number of hydrogen-bond acceptors (Lipinski definition) is 3. The van der Waals surface area contributed by atoms with Crippen LogP contribution in [0.4, 0.5) is 0 Å². The number of ether oxygens (including phenoxy) is 1. The monoisotopic (exact) mass is 202 g/mol. The molecule has 0 fully saturated rings. The van der Waals surface area contributed by atoms with E-state index in [-0.39, 0.29) is 11.8 Å². The predicted octanol–water partition coefficient (Wildman–Crippen LogP) is -0.383. The second-order valence-electron chi connectivity index (χ2n) is 3.04. The Bertz CT molecular complexity index is 194. The number of likely N-dealkylation sites (N-methyl/N-ethyl adjacent to an activating group) is 1. The van der Waals surface area contributed by atoms with Crippen LogP contribution >= 0.6 is 0 Å². The van der Waals surface area contributed by atoms with Gasteiger partial charge in [-0.3, -0.25) is 9.59 Å². The second kappa shape index (κ2) is 7.32. The second-order valence-corrected chi connectivity index (χ2v) is 3.04. The SMILES string of the molecule is CC(=O)NCCOCCN(C)C(C)=O. The van der Waals surface area contributed by atoms with Crippen LogP contribution in [0.2, 0.25) is 0 Å². The molecule has 0 saturated heterocycles. The van der Waals surface area contributed by atoms with Gasteiger partial charge in [0.1, 0.15) is 0 Å². The molecule has 0 heterocycles. The summed E-state index contributed by atoms with van der Waals surface area (Å²) in [6, 6.07) is 0. The number of amides is 2. The Hall–Kier alpha value is -1.10. The van der Waals surface area contributed by atoms with Gasteiger partial charge in [0, 0.05) is 34.0 Å². The molecule has 5 heteroatoms. The standard InChI is InChI=1S/C9H18N2O3/c1-8(12)10-4-6-14-7-5-11(3)9(2)13/h4-7H2,1-3H3,(H,10,12). The lowest BCUT2D eigenvalue weighted by molar-refractivity contribution is -0.128. The maximum atomic E-state index is 10.8. The fraction of sp³-hybridized carbons (Fsp3) is 0.778. The number of nitrogens with zero attached hydrogens (tertiary/aromatic N) is 1. The van der Waals surface area contributed by atoms with Crippen LogP contribution in [0.25, 0.3) is 0 Å². The first-order valence-corrected chi connectivity index (χ1v) is 4.58. The van der Waals surface area contributed by atoms with E-state index >= 15 is 0 Å². The molecular weight excluding hydrogens is 184 g/mol. The molecule has 0 radical (unpaired) electrons. The summed E-state index contributed by atoms with van der Waals surface area (Å²) in [4.78, 5) is 22.8. The summed E-state index contributed by atoms with van der Waals surface area (Å²) in [6.07, 6.45) is 0. The zero-order chi connectivity index (χ0) is 11.0. The minimum absolute atomic E-state index is 0.0236. The number of carbonyl (C=O) groups excluding carboxylic acids is 2. The average molecular weight is 202 g/mol. The summed E-state index contributed by atoms with van der Waals surface area (Å²) < 4.78 is 5.20. The number of nitrogens with one attached hydrogen (secondary N) is 1. The van der Waals surface area contributed by atoms with E-state index in [0.29, 0.717) is 26.3 Å². The molecule has 0 aromatic heterocycles. The number of rotatable bonds is 6. The fourth-order valence-electron chi connectivity index (χ4n) is 0.760. The van der Waals surface area contributed by atoms with Crippen LogP contribution in [-0.2, 0) is 14.3 Å². The summed E-state index contributed by atoms with van der Waals surface area (Å²) in [7, 11) is 1.72. The number of carbonyl (C=O) groups is 2. The molecule has 0 aromatic rings. The fourth-order valence-corrected chi connectivity index (χ4v) is 0.760. The Labute approximate surface area is 84.4 Å². The molecular formula is C9H18N2O3. The van der Waals surface area contributed by atoms with Crippen molar-refractivity contribution in [2.75, 3.05) is 33.4 Å². The Morgan fingerprint density at radius 2 is 1.93 bits per heavy atom. The average Bonchev–Trinajstić information content (AvgIpc) is 2.09. The zero-order valence-electron chi connectivity index (χ0n) is 9.00. The quantitative estimate of drug-likeness (QED) is 0.597. The van der Waals surface area contributed by atoms with Crippen molar-refractivity contribution in [3.8, 4) is 0 Å². The van der Waals surface area contributed by atoms with Crippen LogP contribution in [0.1, 0.15) is 13.8 Å². The highest BCUT2D eigenvalue weighted by Gasteiger charge is 2.00. The van der Waals surface area contributed by atoms with Crippen molar-refractivity contribution in [3.05, 3.63) is 0 Å². The summed E-state index contributed by atoms with van der Waals surface area (Å²) in [5.41, 5.74) is 0. The van der Waals surface area contributed by atoms with Gasteiger partial charge in [0.25, 0.3) is 0 Å². The topological polar surface area (TPSA) is 58.6 Å². The molecule has 0 aliphatic rings. The lowest BCUT2D eigenvalue weighted by Gasteiger charge is -2.14. The molecule has 0 atom stereocenters. The third-order valence-corrected chi connectivity index (χ3v) is 1.73. The van der Waals surface area contributed by atoms with E-state index in [1.165, 1.54) is 13.8 Å². The van der Waals surface area contributed by atoms with Crippen molar-refractivity contribution in [1.29, 1.82) is 0 Å². The van der Waals surface area contributed by atoms with Crippen molar-refractivity contribution < 1.29 is 14.3 Å². The zero-order valence-corrected chi connectivity index (χ0v) is 9.00. The predicted molar refractivity (Wildman–Crippen MR) is 52.8 cm³/mol. The maximum absolute atomic E-state index is 10.8. The molecule has 1 N–H and O–H groups in total. The van der Waals surface area contributed by atoms with E-state index in [2.05, 4.69) is 5.32 Å². The van der Waals surface area contributed by atoms with Gasteiger partial charge in [-0.1, -0.05) is 0 Å². The van der Waals surface area contributed by atoms with Gasteiger partial charge in [-0.25, -0.2) is 0 Å². The Morgan fingerprint density at radius 3 is 2.43 bits per heavy atom. The molecule has 5 nitrogen and oxygen atoms in total. The van der Waals surface area contributed by atoms with Gasteiger partial charge in [-0.2, -0.15) is 0 Å². The van der Waals surface area contributed by atoms with E-state index in [4.69, 9.17) is 4.74 Å². The molecule has 0 saturated carbocycles. The highest BCUT2D eigenvalue weighted by molar-refractivity contribution is 5.73. The van der Waals surface area contributed by atoms with Crippen LogP contribution < -0.4 is 5.32 Å². The number of hydrogen-bond donors (Lipinski definition) is 1. The van der Waals surface area contributed by atoms with Gasteiger partial charge in [0.05, 0.1) is 13.2 Å². The molecule has 82 valence electrons. The maximum Gasteiger partial charge on any atom is 0.219 e. The van der Waals surface area contributed by atoms with Crippen molar-refractivity contribution >= 4 is 11.8 Å². The molecule has 0 aliphatic carbocycles. The van der Waals surface area contributed by atoms with Crippen LogP contribution in [0.3, 0.4) is 0 Å². The summed E-state index contributed by atoms with van der Waals surface area (Å²) >= 11 is 0. The van der Waals surface area contributed by atoms with Crippen LogP contribution in [0.5, 0.6) is 0 Å². The Kier molecular flexibility index (Phi) is 6.74. The molecule has 0 aromatic carbocycles. The first-order valence-electron chi connectivity index (χ1n) is 4.58. The van der Waals surface area contributed by atoms with Gasteiger partial charge >= 0.3 is 0 Å².